The van der Waals surface area contributed by atoms with Crippen LogP contribution < -0.4 is 0 Å². The van der Waals surface area contributed by atoms with Crippen molar-refractivity contribution < 1.29 is 14.7 Å². The first-order chi connectivity index (χ1) is 10.2. The molecule has 6 heteroatoms. The van der Waals surface area contributed by atoms with E-state index in [0.29, 0.717) is 12.3 Å². The summed E-state index contributed by atoms with van der Waals surface area (Å²) >= 11 is 0. The highest BCUT2D eigenvalue weighted by Gasteiger charge is 2.44. The lowest BCUT2D eigenvalue weighted by Crippen LogP contribution is -2.57. The van der Waals surface area contributed by atoms with Gasteiger partial charge in [0.1, 0.15) is 11.7 Å². The zero-order chi connectivity index (χ0) is 14.8. The average Bonchev–Trinajstić information content (AvgIpc) is 2.53. The van der Waals surface area contributed by atoms with Gasteiger partial charge in [-0.3, -0.25) is 9.78 Å². The Morgan fingerprint density at radius 3 is 2.67 bits per heavy atom. The summed E-state index contributed by atoms with van der Waals surface area (Å²) in [5.74, 6) is -0.793. The molecule has 2 heterocycles. The van der Waals surface area contributed by atoms with E-state index in [1.165, 1.54) is 25.0 Å². The second kappa shape index (κ2) is 5.79. The van der Waals surface area contributed by atoms with Crippen LogP contribution in [0.2, 0.25) is 0 Å². The van der Waals surface area contributed by atoms with Crippen molar-refractivity contribution in [2.75, 3.05) is 0 Å². The van der Waals surface area contributed by atoms with Gasteiger partial charge in [-0.1, -0.05) is 12.8 Å². The van der Waals surface area contributed by atoms with Crippen LogP contribution in [0.4, 0.5) is 0 Å². The molecule has 2 fully saturated rings. The molecule has 3 rings (SSSR count). The van der Waals surface area contributed by atoms with E-state index in [4.69, 9.17) is 0 Å². The molecule has 1 aliphatic heterocycles. The van der Waals surface area contributed by atoms with Gasteiger partial charge in [0, 0.05) is 18.4 Å². The molecule has 1 aromatic rings. The van der Waals surface area contributed by atoms with Crippen molar-refractivity contribution in [3.8, 4) is 0 Å². The van der Waals surface area contributed by atoms with Gasteiger partial charge < -0.3 is 10.0 Å². The monoisotopic (exact) mass is 289 g/mol. The standard InChI is InChI=1S/C15H19N3O3/c19-14(11-9-16-7-8-17-11)18-12-4-2-1-3-10(12)5-6-13(18)15(20)21/h7-10,12-13H,1-6H2,(H,20,21). The maximum absolute atomic E-state index is 12.7. The van der Waals surface area contributed by atoms with E-state index in [0.717, 1.165) is 25.7 Å². The minimum atomic E-state index is -0.920. The van der Waals surface area contributed by atoms with E-state index in [-0.39, 0.29) is 17.6 Å². The number of piperidine rings is 1. The van der Waals surface area contributed by atoms with Crippen LogP contribution >= 0.6 is 0 Å². The van der Waals surface area contributed by atoms with E-state index in [2.05, 4.69) is 9.97 Å². The fraction of sp³-hybridized carbons (Fsp3) is 0.600. The van der Waals surface area contributed by atoms with E-state index in [9.17, 15) is 14.7 Å². The molecule has 1 N–H and O–H groups in total. The lowest BCUT2D eigenvalue weighted by Gasteiger charge is -2.46. The number of hydrogen-bond donors (Lipinski definition) is 1. The molecule has 0 radical (unpaired) electrons. The summed E-state index contributed by atoms with van der Waals surface area (Å²) in [6.07, 6.45) is 10.0. The first kappa shape index (κ1) is 14.0. The highest BCUT2D eigenvalue weighted by molar-refractivity contribution is 5.95. The molecular weight excluding hydrogens is 270 g/mol. The molecule has 2 aliphatic rings. The van der Waals surface area contributed by atoms with Gasteiger partial charge in [0.2, 0.25) is 0 Å². The first-order valence-electron chi connectivity index (χ1n) is 7.50. The predicted octanol–water partition coefficient (Wildman–Crippen LogP) is 1.72. The van der Waals surface area contributed by atoms with Gasteiger partial charge in [-0.25, -0.2) is 9.78 Å². The smallest absolute Gasteiger partial charge is 0.326 e. The molecule has 1 saturated heterocycles. The molecule has 6 nitrogen and oxygen atoms in total. The van der Waals surface area contributed by atoms with Crippen LogP contribution in [-0.2, 0) is 4.79 Å². The minimum absolute atomic E-state index is 0.0307. The van der Waals surface area contributed by atoms with Crippen molar-refractivity contribution in [2.45, 2.75) is 50.6 Å². The number of nitrogens with zero attached hydrogens (tertiary/aromatic N) is 3. The van der Waals surface area contributed by atoms with Crippen molar-refractivity contribution in [1.82, 2.24) is 14.9 Å². The zero-order valence-electron chi connectivity index (χ0n) is 11.8. The third kappa shape index (κ3) is 2.62. The largest absolute Gasteiger partial charge is 0.480 e. The Kier molecular flexibility index (Phi) is 3.86. The molecule has 0 spiro atoms. The third-order valence-electron chi connectivity index (χ3n) is 4.67. The molecule has 3 atom stereocenters. The van der Waals surface area contributed by atoms with Crippen LogP contribution in [0.3, 0.4) is 0 Å². The van der Waals surface area contributed by atoms with Crippen molar-refractivity contribution in [2.24, 2.45) is 5.92 Å². The fourth-order valence-electron chi connectivity index (χ4n) is 3.71. The number of carbonyl (C=O) groups is 2. The number of carboxylic acid groups (broad SMARTS) is 1. The molecule has 1 saturated carbocycles. The molecular formula is C15H19N3O3. The summed E-state index contributed by atoms with van der Waals surface area (Å²) in [4.78, 5) is 33.8. The Labute approximate surface area is 123 Å². The number of aromatic nitrogens is 2. The molecule has 112 valence electrons. The number of aliphatic carboxylic acids is 1. The number of carbonyl (C=O) groups excluding carboxylic acids is 1. The van der Waals surface area contributed by atoms with E-state index >= 15 is 0 Å². The fourth-order valence-corrected chi connectivity index (χ4v) is 3.71. The summed E-state index contributed by atoms with van der Waals surface area (Å²) in [6.45, 7) is 0. The molecule has 0 bridgehead atoms. The van der Waals surface area contributed by atoms with Crippen LogP contribution in [0.1, 0.15) is 49.0 Å². The molecule has 1 amide bonds. The minimum Gasteiger partial charge on any atom is -0.480 e. The molecule has 3 unspecified atom stereocenters. The summed E-state index contributed by atoms with van der Waals surface area (Å²) < 4.78 is 0. The maximum atomic E-state index is 12.7. The molecule has 1 aromatic heterocycles. The number of amides is 1. The first-order valence-corrected chi connectivity index (χ1v) is 7.50. The normalized spacial score (nSPS) is 28.8. The second-order valence-electron chi connectivity index (χ2n) is 5.85. The average molecular weight is 289 g/mol. The lowest BCUT2D eigenvalue weighted by molar-refractivity contribution is -0.146. The molecule has 21 heavy (non-hydrogen) atoms. The summed E-state index contributed by atoms with van der Waals surface area (Å²) in [5.41, 5.74) is 0.231. The summed E-state index contributed by atoms with van der Waals surface area (Å²) in [7, 11) is 0. The van der Waals surface area contributed by atoms with Gasteiger partial charge in [0.15, 0.2) is 0 Å². The van der Waals surface area contributed by atoms with E-state index in [1.54, 1.807) is 4.90 Å². The Balaban J connectivity index is 1.92. The summed E-state index contributed by atoms with van der Waals surface area (Å²) in [6, 6.07) is -0.707. The van der Waals surface area contributed by atoms with Gasteiger partial charge in [-0.05, 0) is 31.6 Å². The lowest BCUT2D eigenvalue weighted by atomic mass is 9.76. The van der Waals surface area contributed by atoms with E-state index < -0.39 is 12.0 Å². The second-order valence-corrected chi connectivity index (χ2v) is 5.85. The third-order valence-corrected chi connectivity index (χ3v) is 4.67. The number of likely N-dealkylation sites (tertiary alicyclic amines) is 1. The van der Waals surface area contributed by atoms with Gasteiger partial charge in [0.05, 0.1) is 6.20 Å². The van der Waals surface area contributed by atoms with Crippen LogP contribution in [-0.4, -0.2) is 43.9 Å². The Bertz CT molecular complexity index is 534. The topological polar surface area (TPSA) is 83.4 Å². The van der Waals surface area contributed by atoms with Crippen LogP contribution in [0, 0.1) is 5.92 Å². The number of rotatable bonds is 2. The van der Waals surface area contributed by atoms with Gasteiger partial charge in [0.25, 0.3) is 5.91 Å². The SMILES string of the molecule is O=C(O)C1CCC2CCCCC2N1C(=O)c1cnccn1. The van der Waals surface area contributed by atoms with Crippen LogP contribution in [0.25, 0.3) is 0 Å². The Morgan fingerprint density at radius 1 is 1.14 bits per heavy atom. The van der Waals surface area contributed by atoms with Crippen LogP contribution in [0.15, 0.2) is 18.6 Å². The van der Waals surface area contributed by atoms with Gasteiger partial charge in [-0.2, -0.15) is 0 Å². The highest BCUT2D eigenvalue weighted by atomic mass is 16.4. The van der Waals surface area contributed by atoms with E-state index in [1.807, 2.05) is 0 Å². The molecule has 1 aliphatic carbocycles. The predicted molar refractivity (Wildman–Crippen MR) is 74.6 cm³/mol. The Morgan fingerprint density at radius 2 is 1.95 bits per heavy atom. The molecule has 0 aromatic carbocycles. The van der Waals surface area contributed by atoms with Crippen LogP contribution in [0.5, 0.6) is 0 Å². The van der Waals surface area contributed by atoms with Crippen molar-refractivity contribution in [3.05, 3.63) is 24.3 Å². The van der Waals surface area contributed by atoms with Crippen molar-refractivity contribution in [1.29, 1.82) is 0 Å². The quantitative estimate of drug-likeness (QED) is 0.896. The van der Waals surface area contributed by atoms with Gasteiger partial charge in [-0.15, -0.1) is 0 Å². The van der Waals surface area contributed by atoms with Crippen molar-refractivity contribution >= 4 is 11.9 Å². The number of carboxylic acids is 1. The van der Waals surface area contributed by atoms with Gasteiger partial charge >= 0.3 is 5.97 Å². The van der Waals surface area contributed by atoms with Crippen molar-refractivity contribution in [3.63, 3.8) is 0 Å². The number of hydrogen-bond acceptors (Lipinski definition) is 4. The summed E-state index contributed by atoms with van der Waals surface area (Å²) in [5, 5.41) is 9.46. The zero-order valence-corrected chi connectivity index (χ0v) is 11.8. The number of fused-ring (bicyclic) bond motifs is 1. The Hall–Kier alpha value is -1.98. The maximum Gasteiger partial charge on any atom is 0.326 e. The highest BCUT2D eigenvalue weighted by Crippen LogP contribution is 2.38.